The molecule has 0 aliphatic heterocycles. The Hall–Kier alpha value is -1.94. The van der Waals surface area contributed by atoms with Gasteiger partial charge in [-0.1, -0.05) is 0 Å². The molecule has 5 heteroatoms. The number of halogens is 2. The van der Waals surface area contributed by atoms with Crippen molar-refractivity contribution in [1.82, 2.24) is 0 Å². The van der Waals surface area contributed by atoms with Crippen molar-refractivity contribution >= 4 is 34.2 Å². The highest BCUT2D eigenvalue weighted by Gasteiger charge is 2.09. The van der Waals surface area contributed by atoms with Gasteiger partial charge >= 0.3 is 0 Å². The summed E-state index contributed by atoms with van der Waals surface area (Å²) in [7, 11) is 0. The second-order valence-corrected chi connectivity index (χ2v) is 5.01. The van der Waals surface area contributed by atoms with Gasteiger partial charge in [-0.3, -0.25) is 4.79 Å². The van der Waals surface area contributed by atoms with Crippen LogP contribution in [0.5, 0.6) is 0 Å². The molecular weight excluding hydrogens is 358 g/mol. The summed E-state index contributed by atoms with van der Waals surface area (Å²) in [5.41, 5.74) is 0.875. The summed E-state index contributed by atoms with van der Waals surface area (Å²) >= 11 is 2.14. The molecule has 3 nitrogen and oxygen atoms in total. The Labute approximate surface area is 123 Å². The fraction of sp³-hybridized carbons (Fsp3) is 0. The van der Waals surface area contributed by atoms with E-state index in [9.17, 15) is 9.18 Å². The summed E-state index contributed by atoms with van der Waals surface area (Å²) in [6, 6.07) is 12.5. The Bertz CT molecular complexity index is 662. The lowest BCUT2D eigenvalue weighted by Crippen LogP contribution is -2.12. The van der Waals surface area contributed by atoms with Crippen LogP contribution < -0.4 is 5.32 Å². The third-order valence-corrected chi connectivity index (χ3v) is 3.18. The van der Waals surface area contributed by atoms with Gasteiger partial charge in [-0.2, -0.15) is 5.26 Å². The summed E-state index contributed by atoms with van der Waals surface area (Å²) in [4.78, 5) is 12.0. The maximum atomic E-state index is 13.0. The summed E-state index contributed by atoms with van der Waals surface area (Å²) < 4.78 is 14.0. The molecule has 0 saturated carbocycles. The van der Waals surface area contributed by atoms with Gasteiger partial charge in [-0.15, -0.1) is 0 Å². The lowest BCUT2D eigenvalue weighted by molar-refractivity contribution is 0.102. The SMILES string of the molecule is N#Cc1cc(F)ccc1NC(=O)c1ccc(I)cc1. The van der Waals surface area contributed by atoms with Crippen molar-refractivity contribution < 1.29 is 9.18 Å². The Balaban J connectivity index is 2.24. The highest BCUT2D eigenvalue weighted by atomic mass is 127. The molecule has 0 heterocycles. The van der Waals surface area contributed by atoms with Crippen molar-refractivity contribution in [2.45, 2.75) is 0 Å². The first kappa shape index (κ1) is 13.5. The van der Waals surface area contributed by atoms with Gasteiger partial charge < -0.3 is 5.32 Å². The molecule has 0 fully saturated rings. The first-order valence-corrected chi connectivity index (χ1v) is 6.44. The van der Waals surface area contributed by atoms with E-state index < -0.39 is 5.82 Å². The lowest BCUT2D eigenvalue weighted by Gasteiger charge is -2.07. The molecule has 2 aromatic carbocycles. The smallest absolute Gasteiger partial charge is 0.255 e. The van der Waals surface area contributed by atoms with Crippen molar-refractivity contribution in [2.75, 3.05) is 5.32 Å². The zero-order chi connectivity index (χ0) is 13.8. The minimum absolute atomic E-state index is 0.0962. The van der Waals surface area contributed by atoms with Crippen LogP contribution in [0.2, 0.25) is 0 Å². The molecule has 0 atom stereocenters. The Kier molecular flexibility index (Phi) is 4.12. The molecule has 2 aromatic rings. The van der Waals surface area contributed by atoms with Gasteiger partial charge in [0.2, 0.25) is 0 Å². The predicted octanol–water partition coefficient (Wildman–Crippen LogP) is 3.55. The molecule has 2 rings (SSSR count). The largest absolute Gasteiger partial charge is 0.321 e. The van der Waals surface area contributed by atoms with Crippen LogP contribution in [0.25, 0.3) is 0 Å². The molecular formula is C14H8FIN2O. The molecule has 94 valence electrons. The van der Waals surface area contributed by atoms with Crippen molar-refractivity contribution in [2.24, 2.45) is 0 Å². The number of hydrogen-bond donors (Lipinski definition) is 1. The van der Waals surface area contributed by atoms with Crippen LogP contribution in [0.15, 0.2) is 42.5 Å². The summed E-state index contributed by atoms with van der Waals surface area (Å²) in [5, 5.41) is 11.5. The van der Waals surface area contributed by atoms with Crippen LogP contribution >= 0.6 is 22.6 Å². The number of carbonyl (C=O) groups is 1. The maximum absolute atomic E-state index is 13.0. The minimum atomic E-state index is -0.510. The number of nitriles is 1. The van der Waals surface area contributed by atoms with Gasteiger partial charge in [0.25, 0.3) is 5.91 Å². The molecule has 0 aliphatic carbocycles. The lowest BCUT2D eigenvalue weighted by atomic mass is 10.1. The number of amides is 1. The zero-order valence-corrected chi connectivity index (χ0v) is 11.8. The molecule has 1 N–H and O–H groups in total. The van der Waals surface area contributed by atoms with E-state index in [4.69, 9.17) is 5.26 Å². The predicted molar refractivity (Wildman–Crippen MR) is 78.2 cm³/mol. The normalized spacial score (nSPS) is 9.74. The number of hydrogen-bond acceptors (Lipinski definition) is 2. The highest BCUT2D eigenvalue weighted by Crippen LogP contribution is 2.17. The van der Waals surface area contributed by atoms with Gasteiger partial charge in [0.1, 0.15) is 11.9 Å². The molecule has 0 unspecified atom stereocenters. The monoisotopic (exact) mass is 366 g/mol. The molecule has 0 aromatic heterocycles. The third kappa shape index (κ3) is 3.29. The maximum Gasteiger partial charge on any atom is 0.255 e. The average Bonchev–Trinajstić information content (AvgIpc) is 2.41. The van der Waals surface area contributed by atoms with Crippen LogP contribution in [0.1, 0.15) is 15.9 Å². The number of anilines is 1. The van der Waals surface area contributed by atoms with E-state index in [2.05, 4.69) is 27.9 Å². The Morgan fingerprint density at radius 2 is 1.89 bits per heavy atom. The van der Waals surface area contributed by atoms with Crippen molar-refractivity contribution in [3.63, 3.8) is 0 Å². The van der Waals surface area contributed by atoms with Crippen molar-refractivity contribution in [3.8, 4) is 6.07 Å². The molecule has 0 bridgehead atoms. The zero-order valence-electron chi connectivity index (χ0n) is 9.65. The number of rotatable bonds is 2. The first-order chi connectivity index (χ1) is 9.10. The van der Waals surface area contributed by atoms with E-state index in [1.807, 2.05) is 18.2 Å². The third-order valence-electron chi connectivity index (χ3n) is 2.46. The topological polar surface area (TPSA) is 52.9 Å². The van der Waals surface area contributed by atoms with Crippen molar-refractivity contribution in [1.29, 1.82) is 5.26 Å². The van der Waals surface area contributed by atoms with Crippen LogP contribution in [0.3, 0.4) is 0 Å². The van der Waals surface area contributed by atoms with Crippen LogP contribution in [-0.2, 0) is 0 Å². The van der Waals surface area contributed by atoms with E-state index in [1.54, 1.807) is 12.1 Å². The van der Waals surface area contributed by atoms with Gasteiger partial charge in [-0.25, -0.2) is 4.39 Å². The van der Waals surface area contributed by atoms with Crippen LogP contribution in [0, 0.1) is 20.7 Å². The standard InChI is InChI=1S/C14H8FIN2O/c15-11-3-6-13(10(7-11)8-17)18-14(19)9-1-4-12(16)5-2-9/h1-7H,(H,18,19). The molecule has 0 spiro atoms. The van der Waals surface area contributed by atoms with E-state index in [0.717, 1.165) is 9.64 Å². The van der Waals surface area contributed by atoms with Crippen LogP contribution in [-0.4, -0.2) is 5.91 Å². The van der Waals surface area contributed by atoms with Crippen LogP contribution in [0.4, 0.5) is 10.1 Å². The molecule has 1 amide bonds. The number of benzene rings is 2. The van der Waals surface area contributed by atoms with Gasteiger partial charge in [-0.05, 0) is 65.1 Å². The summed E-state index contributed by atoms with van der Waals surface area (Å²) in [6.45, 7) is 0. The van der Waals surface area contributed by atoms with Gasteiger partial charge in [0.05, 0.1) is 11.3 Å². The highest BCUT2D eigenvalue weighted by molar-refractivity contribution is 14.1. The number of carbonyl (C=O) groups excluding carboxylic acids is 1. The first-order valence-electron chi connectivity index (χ1n) is 5.37. The number of nitrogens with one attached hydrogen (secondary N) is 1. The number of nitrogens with zero attached hydrogens (tertiary/aromatic N) is 1. The molecule has 0 aliphatic rings. The quantitative estimate of drug-likeness (QED) is 0.827. The summed E-state index contributed by atoms with van der Waals surface area (Å²) in [6.07, 6.45) is 0. The van der Waals surface area contributed by atoms with E-state index in [1.165, 1.54) is 12.1 Å². The van der Waals surface area contributed by atoms with Gasteiger partial charge in [0, 0.05) is 9.13 Å². The molecule has 0 radical (unpaired) electrons. The average molecular weight is 366 g/mol. The fourth-order valence-electron chi connectivity index (χ4n) is 1.51. The molecule has 19 heavy (non-hydrogen) atoms. The fourth-order valence-corrected chi connectivity index (χ4v) is 1.87. The van der Waals surface area contributed by atoms with Crippen molar-refractivity contribution in [3.05, 3.63) is 63.0 Å². The Morgan fingerprint density at radius 1 is 1.21 bits per heavy atom. The minimum Gasteiger partial charge on any atom is -0.321 e. The van der Waals surface area contributed by atoms with E-state index in [-0.39, 0.29) is 11.5 Å². The summed E-state index contributed by atoms with van der Waals surface area (Å²) in [5.74, 6) is -0.844. The van der Waals surface area contributed by atoms with E-state index in [0.29, 0.717) is 11.3 Å². The second-order valence-electron chi connectivity index (χ2n) is 3.76. The van der Waals surface area contributed by atoms with Gasteiger partial charge in [0.15, 0.2) is 0 Å². The Morgan fingerprint density at radius 3 is 2.53 bits per heavy atom. The second kappa shape index (κ2) is 5.80. The molecule has 0 saturated heterocycles. The van der Waals surface area contributed by atoms with E-state index >= 15 is 0 Å².